The molecule has 0 saturated carbocycles. The fourth-order valence-corrected chi connectivity index (χ4v) is 6.64. The van der Waals surface area contributed by atoms with E-state index >= 15 is 0 Å². The highest BCUT2D eigenvalue weighted by molar-refractivity contribution is 7.91. The van der Waals surface area contributed by atoms with Crippen LogP contribution in [0.2, 0.25) is 0 Å². The van der Waals surface area contributed by atoms with E-state index in [1.54, 1.807) is 29.6 Å². The Hall–Kier alpha value is -3.69. The normalized spacial score (nSPS) is 11.3. The first-order chi connectivity index (χ1) is 16.8. The van der Waals surface area contributed by atoms with Crippen molar-refractivity contribution in [3.8, 4) is 22.6 Å². The molecule has 4 aromatic rings. The minimum atomic E-state index is -4.16. The Bertz CT molecular complexity index is 1490. The minimum Gasteiger partial charge on any atom is -0.456 e. The van der Waals surface area contributed by atoms with Crippen molar-refractivity contribution >= 4 is 43.9 Å². The lowest BCUT2D eigenvalue weighted by Gasteiger charge is -2.21. The van der Waals surface area contributed by atoms with Crippen LogP contribution in [0.1, 0.15) is 13.8 Å². The number of nitrogens with one attached hydrogen (secondary N) is 1. The van der Waals surface area contributed by atoms with Crippen LogP contribution >= 0.6 is 11.3 Å². The summed E-state index contributed by atoms with van der Waals surface area (Å²) in [5.74, 6) is 0.208. The van der Waals surface area contributed by atoms with Gasteiger partial charge >= 0.3 is 0 Å². The van der Waals surface area contributed by atoms with Gasteiger partial charge in [-0.15, -0.1) is 11.3 Å². The number of sulfonamides is 1. The smallest absolute Gasteiger partial charge is 0.276 e. The largest absolute Gasteiger partial charge is 0.456 e. The zero-order valence-electron chi connectivity index (χ0n) is 19.2. The van der Waals surface area contributed by atoms with Gasteiger partial charge in [-0.1, -0.05) is 54.6 Å². The van der Waals surface area contributed by atoms with Crippen molar-refractivity contribution in [2.24, 2.45) is 0 Å². The lowest BCUT2D eigenvalue weighted by Crippen LogP contribution is -2.40. The maximum absolute atomic E-state index is 13.5. The first-order valence-corrected chi connectivity index (χ1v) is 13.2. The molecule has 1 N–H and O–H groups in total. The SMILES string of the molecule is CC(=O)NCCN(C(C)=O)S(=O)(=O)c1sccc1-c1ccccc1Oc1cccc2ccccc12. The summed E-state index contributed by atoms with van der Waals surface area (Å²) in [4.78, 5) is 23.5. The van der Waals surface area contributed by atoms with Gasteiger partial charge in [0.25, 0.3) is 10.0 Å². The number of thiophene rings is 1. The van der Waals surface area contributed by atoms with Crippen molar-refractivity contribution in [2.75, 3.05) is 13.1 Å². The van der Waals surface area contributed by atoms with Gasteiger partial charge in [0.05, 0.1) is 6.54 Å². The summed E-state index contributed by atoms with van der Waals surface area (Å²) in [5, 5.41) is 6.16. The molecule has 0 saturated heterocycles. The molecule has 0 unspecified atom stereocenters. The van der Waals surface area contributed by atoms with E-state index in [2.05, 4.69) is 5.32 Å². The molecule has 0 aliphatic heterocycles. The second kappa shape index (κ2) is 10.3. The summed E-state index contributed by atoms with van der Waals surface area (Å²) in [5.41, 5.74) is 1.03. The number of para-hydroxylation sites is 1. The van der Waals surface area contributed by atoms with Gasteiger partial charge < -0.3 is 10.1 Å². The number of ether oxygens (including phenoxy) is 1. The Kier molecular flexibility index (Phi) is 7.18. The zero-order valence-corrected chi connectivity index (χ0v) is 20.9. The molecule has 0 spiro atoms. The van der Waals surface area contributed by atoms with Crippen LogP contribution < -0.4 is 10.1 Å². The van der Waals surface area contributed by atoms with E-state index in [9.17, 15) is 18.0 Å². The van der Waals surface area contributed by atoms with Crippen molar-refractivity contribution in [1.82, 2.24) is 9.62 Å². The molecule has 0 fully saturated rings. The second-order valence-corrected chi connectivity index (χ2v) is 10.8. The number of nitrogens with zero attached hydrogens (tertiary/aromatic N) is 1. The molecule has 0 atom stereocenters. The number of carbonyl (C=O) groups is 2. The van der Waals surface area contributed by atoms with E-state index in [-0.39, 0.29) is 23.2 Å². The summed E-state index contributed by atoms with van der Waals surface area (Å²) < 4.78 is 34.1. The number of fused-ring (bicyclic) bond motifs is 1. The van der Waals surface area contributed by atoms with Gasteiger partial charge in [-0.3, -0.25) is 9.59 Å². The molecule has 0 radical (unpaired) electrons. The Balaban J connectivity index is 1.73. The van der Waals surface area contributed by atoms with Crippen LogP contribution in [0.3, 0.4) is 0 Å². The van der Waals surface area contributed by atoms with Gasteiger partial charge in [0, 0.05) is 36.9 Å². The third-order valence-corrected chi connectivity index (χ3v) is 8.68. The Morgan fingerprint density at radius 1 is 0.886 bits per heavy atom. The minimum absolute atomic E-state index is 0.0234. The number of benzene rings is 3. The number of carbonyl (C=O) groups excluding carboxylic acids is 2. The maximum Gasteiger partial charge on any atom is 0.276 e. The fraction of sp³-hybridized carbons (Fsp3) is 0.154. The number of amides is 2. The van der Waals surface area contributed by atoms with Crippen LogP contribution in [0.4, 0.5) is 0 Å². The van der Waals surface area contributed by atoms with Crippen LogP contribution in [0.25, 0.3) is 21.9 Å². The predicted octanol–water partition coefficient (Wildman–Crippen LogP) is 5.03. The van der Waals surface area contributed by atoms with Gasteiger partial charge in [-0.05, 0) is 29.0 Å². The van der Waals surface area contributed by atoms with Crippen molar-refractivity contribution in [3.63, 3.8) is 0 Å². The molecular formula is C26H24N2O5S2. The number of rotatable bonds is 8. The van der Waals surface area contributed by atoms with E-state index in [1.807, 2.05) is 48.5 Å². The molecule has 7 nitrogen and oxygen atoms in total. The van der Waals surface area contributed by atoms with E-state index in [1.165, 1.54) is 13.8 Å². The van der Waals surface area contributed by atoms with Crippen LogP contribution in [0.5, 0.6) is 11.5 Å². The van der Waals surface area contributed by atoms with Gasteiger partial charge in [-0.25, -0.2) is 12.7 Å². The van der Waals surface area contributed by atoms with Gasteiger partial charge in [0.1, 0.15) is 15.7 Å². The molecule has 0 aliphatic rings. The molecule has 1 aromatic heterocycles. The molecule has 180 valence electrons. The lowest BCUT2D eigenvalue weighted by molar-refractivity contribution is -0.125. The van der Waals surface area contributed by atoms with Gasteiger partial charge in [0.15, 0.2) is 0 Å². The van der Waals surface area contributed by atoms with Crippen LogP contribution in [0.15, 0.2) is 82.4 Å². The molecule has 0 aliphatic carbocycles. The second-order valence-electron chi connectivity index (χ2n) is 7.78. The van der Waals surface area contributed by atoms with Crippen molar-refractivity contribution in [1.29, 1.82) is 0 Å². The van der Waals surface area contributed by atoms with Gasteiger partial charge in [-0.2, -0.15) is 0 Å². The highest BCUT2D eigenvalue weighted by atomic mass is 32.2. The monoisotopic (exact) mass is 508 g/mol. The summed E-state index contributed by atoms with van der Waals surface area (Å²) in [6, 6.07) is 22.5. The van der Waals surface area contributed by atoms with Crippen LogP contribution in [0, 0.1) is 0 Å². The first kappa shape index (κ1) is 24.4. The van der Waals surface area contributed by atoms with Crippen molar-refractivity contribution in [2.45, 2.75) is 18.1 Å². The third-order valence-electron chi connectivity index (χ3n) is 5.34. The molecule has 0 bridgehead atoms. The molecule has 4 rings (SSSR count). The Labute approximate surface area is 208 Å². The Morgan fingerprint density at radius 2 is 1.57 bits per heavy atom. The Morgan fingerprint density at radius 3 is 2.34 bits per heavy atom. The molecule has 1 heterocycles. The predicted molar refractivity (Wildman–Crippen MR) is 137 cm³/mol. The van der Waals surface area contributed by atoms with Crippen molar-refractivity contribution < 1.29 is 22.7 Å². The van der Waals surface area contributed by atoms with Gasteiger partial charge in [0.2, 0.25) is 11.8 Å². The molecule has 35 heavy (non-hydrogen) atoms. The van der Waals surface area contributed by atoms with E-state index in [0.717, 1.165) is 26.4 Å². The summed E-state index contributed by atoms with van der Waals surface area (Å²) in [7, 11) is -4.16. The quantitative estimate of drug-likeness (QED) is 0.360. The summed E-state index contributed by atoms with van der Waals surface area (Å²) in [6.07, 6.45) is 0. The van der Waals surface area contributed by atoms with Crippen molar-refractivity contribution in [3.05, 3.63) is 78.2 Å². The first-order valence-electron chi connectivity index (χ1n) is 10.9. The molecule has 9 heteroatoms. The fourth-order valence-electron chi connectivity index (χ4n) is 3.76. The maximum atomic E-state index is 13.5. The van der Waals surface area contributed by atoms with Crippen LogP contribution in [-0.4, -0.2) is 37.6 Å². The lowest BCUT2D eigenvalue weighted by atomic mass is 10.1. The highest BCUT2D eigenvalue weighted by Crippen LogP contribution is 2.41. The molecule has 2 amide bonds. The van der Waals surface area contributed by atoms with E-state index < -0.39 is 15.9 Å². The summed E-state index contributed by atoms with van der Waals surface area (Å²) >= 11 is 1.03. The van der Waals surface area contributed by atoms with Crippen LogP contribution in [-0.2, 0) is 19.6 Å². The van der Waals surface area contributed by atoms with E-state index in [4.69, 9.17) is 4.74 Å². The number of hydrogen-bond acceptors (Lipinski definition) is 6. The topological polar surface area (TPSA) is 92.8 Å². The highest BCUT2D eigenvalue weighted by Gasteiger charge is 2.31. The summed E-state index contributed by atoms with van der Waals surface area (Å²) in [6.45, 7) is 2.38. The number of hydrogen-bond donors (Lipinski definition) is 1. The average Bonchev–Trinajstić information content (AvgIpc) is 3.33. The van der Waals surface area contributed by atoms with E-state index in [0.29, 0.717) is 22.6 Å². The third kappa shape index (κ3) is 5.21. The zero-order chi connectivity index (χ0) is 25.0. The average molecular weight is 509 g/mol. The molecule has 3 aromatic carbocycles. The standard InChI is InChI=1S/C26H24N2O5S2/c1-18(29)27-15-16-28(19(2)30)35(31,32)26-23(14-17-34-26)22-11-5-6-12-25(22)33-24-13-7-9-20-8-3-4-10-21(20)24/h3-14,17H,15-16H2,1-2H3,(H,27,29). The molecular weight excluding hydrogens is 484 g/mol.